The highest BCUT2D eigenvalue weighted by Gasteiger charge is 2.14. The highest BCUT2D eigenvalue weighted by Crippen LogP contribution is 2.30. The molecule has 0 bridgehead atoms. The fourth-order valence-corrected chi connectivity index (χ4v) is 3.82. The van der Waals surface area contributed by atoms with Crippen molar-refractivity contribution in [3.63, 3.8) is 0 Å². The third kappa shape index (κ3) is 6.25. The second-order valence-corrected chi connectivity index (χ2v) is 7.86. The number of carboxylic acids is 1. The lowest BCUT2D eigenvalue weighted by atomic mass is 10.0. The number of carboxylic acid groups (broad SMARTS) is 1. The van der Waals surface area contributed by atoms with Crippen LogP contribution in [0.3, 0.4) is 0 Å². The van der Waals surface area contributed by atoms with E-state index in [1.165, 1.54) is 0 Å². The Bertz CT molecular complexity index is 1130. The highest BCUT2D eigenvalue weighted by molar-refractivity contribution is 5.86. The molecule has 0 radical (unpaired) electrons. The predicted molar refractivity (Wildman–Crippen MR) is 129 cm³/mol. The number of para-hydroxylation sites is 1. The molecular weight excluding hydrogens is 432 g/mol. The van der Waals surface area contributed by atoms with Gasteiger partial charge in [-0.1, -0.05) is 72.8 Å². The summed E-state index contributed by atoms with van der Waals surface area (Å²) in [5.41, 5.74) is 3.82. The summed E-state index contributed by atoms with van der Waals surface area (Å²) in [6.07, 6.45) is 3.05. The summed E-state index contributed by atoms with van der Waals surface area (Å²) in [6.45, 7) is 1.33. The fourth-order valence-electron chi connectivity index (χ4n) is 3.82. The van der Waals surface area contributed by atoms with Gasteiger partial charge in [0.25, 0.3) is 0 Å². The first-order valence-electron chi connectivity index (χ1n) is 11.4. The van der Waals surface area contributed by atoms with Gasteiger partial charge in [-0.05, 0) is 30.0 Å². The van der Waals surface area contributed by atoms with Gasteiger partial charge in [-0.25, -0.2) is 4.79 Å². The SMILES string of the molecule is O=C(O)COc1cccc2c(CCOCCCOC(c3ccccc3)c3ccccc3)coc12. The van der Waals surface area contributed by atoms with E-state index in [4.69, 9.17) is 23.7 Å². The maximum Gasteiger partial charge on any atom is 0.341 e. The molecule has 1 heterocycles. The van der Waals surface area contributed by atoms with Crippen molar-refractivity contribution < 1.29 is 28.5 Å². The summed E-state index contributed by atoms with van der Waals surface area (Å²) in [6, 6.07) is 25.9. The maximum atomic E-state index is 10.8. The van der Waals surface area contributed by atoms with Crippen molar-refractivity contribution in [2.45, 2.75) is 18.9 Å². The van der Waals surface area contributed by atoms with Crippen LogP contribution < -0.4 is 4.74 Å². The van der Waals surface area contributed by atoms with Gasteiger partial charge < -0.3 is 23.7 Å². The third-order valence-corrected chi connectivity index (χ3v) is 5.43. The number of furan rings is 1. The number of hydrogen-bond acceptors (Lipinski definition) is 5. The number of fused-ring (bicyclic) bond motifs is 1. The Morgan fingerprint density at radius 3 is 2.24 bits per heavy atom. The molecule has 0 saturated carbocycles. The lowest BCUT2D eigenvalue weighted by Gasteiger charge is -2.19. The van der Waals surface area contributed by atoms with Gasteiger partial charge in [-0.15, -0.1) is 0 Å². The van der Waals surface area contributed by atoms with Gasteiger partial charge in [0.15, 0.2) is 17.9 Å². The Hall–Kier alpha value is -3.61. The van der Waals surface area contributed by atoms with Gasteiger partial charge in [-0.2, -0.15) is 0 Å². The maximum absolute atomic E-state index is 10.8. The van der Waals surface area contributed by atoms with Gasteiger partial charge in [0.1, 0.15) is 6.10 Å². The molecule has 0 fully saturated rings. The minimum Gasteiger partial charge on any atom is -0.479 e. The monoisotopic (exact) mass is 460 g/mol. The molecule has 0 aliphatic rings. The number of benzene rings is 3. The number of ether oxygens (including phenoxy) is 3. The first-order chi connectivity index (χ1) is 16.7. The van der Waals surface area contributed by atoms with E-state index in [1.807, 2.05) is 48.5 Å². The van der Waals surface area contributed by atoms with E-state index in [0.717, 1.165) is 28.5 Å². The summed E-state index contributed by atoms with van der Waals surface area (Å²) in [5, 5.41) is 9.73. The van der Waals surface area contributed by atoms with Gasteiger partial charge in [0, 0.05) is 17.6 Å². The summed E-state index contributed by atoms with van der Waals surface area (Å²) in [5.74, 6) is -0.601. The van der Waals surface area contributed by atoms with Crippen molar-refractivity contribution in [3.8, 4) is 5.75 Å². The number of carbonyl (C=O) groups is 1. The van der Waals surface area contributed by atoms with Crippen molar-refractivity contribution in [2.75, 3.05) is 26.4 Å². The van der Waals surface area contributed by atoms with Crippen LogP contribution in [0, 0.1) is 0 Å². The molecule has 0 spiro atoms. The van der Waals surface area contributed by atoms with E-state index in [9.17, 15) is 4.79 Å². The Morgan fingerprint density at radius 1 is 0.853 bits per heavy atom. The molecule has 0 unspecified atom stereocenters. The van der Waals surface area contributed by atoms with E-state index in [1.54, 1.807) is 12.3 Å². The largest absolute Gasteiger partial charge is 0.479 e. The molecule has 1 N–H and O–H groups in total. The van der Waals surface area contributed by atoms with E-state index < -0.39 is 12.6 Å². The van der Waals surface area contributed by atoms with Crippen LogP contribution in [0.15, 0.2) is 89.5 Å². The molecule has 4 rings (SSSR count). The van der Waals surface area contributed by atoms with Crippen LogP contribution in [0.4, 0.5) is 0 Å². The van der Waals surface area contributed by atoms with Crippen molar-refractivity contribution in [2.24, 2.45) is 0 Å². The fraction of sp³-hybridized carbons (Fsp3) is 0.250. The topological polar surface area (TPSA) is 78.1 Å². The van der Waals surface area contributed by atoms with Gasteiger partial charge >= 0.3 is 5.97 Å². The zero-order valence-corrected chi connectivity index (χ0v) is 18.9. The Labute approximate surface area is 198 Å². The second kappa shape index (κ2) is 12.0. The van der Waals surface area contributed by atoms with Gasteiger partial charge in [0.2, 0.25) is 0 Å². The van der Waals surface area contributed by atoms with Crippen molar-refractivity contribution in [3.05, 3.63) is 102 Å². The van der Waals surface area contributed by atoms with Crippen LogP contribution in [0.25, 0.3) is 11.0 Å². The van der Waals surface area contributed by atoms with E-state index in [-0.39, 0.29) is 6.10 Å². The average Bonchev–Trinajstić information content (AvgIpc) is 3.29. The second-order valence-electron chi connectivity index (χ2n) is 7.86. The van der Waals surface area contributed by atoms with Crippen LogP contribution >= 0.6 is 0 Å². The quantitative estimate of drug-likeness (QED) is 0.260. The number of aliphatic carboxylic acids is 1. The molecule has 0 amide bonds. The Morgan fingerprint density at radius 2 is 1.56 bits per heavy atom. The van der Waals surface area contributed by atoms with Crippen LogP contribution in [-0.2, 0) is 20.7 Å². The Kier molecular flexibility index (Phi) is 8.32. The molecule has 34 heavy (non-hydrogen) atoms. The molecule has 0 atom stereocenters. The minimum atomic E-state index is -1.03. The molecule has 4 aromatic rings. The molecule has 1 aromatic heterocycles. The van der Waals surface area contributed by atoms with Crippen LogP contribution in [-0.4, -0.2) is 37.5 Å². The standard InChI is InChI=1S/C28H28O6/c29-26(30)20-33-25-14-7-13-24-23(19-34-28(24)25)15-18-31-16-8-17-32-27(21-9-3-1-4-10-21)22-11-5-2-6-12-22/h1-7,9-14,19,27H,8,15-18,20H2,(H,29,30). The first kappa shape index (κ1) is 23.5. The van der Waals surface area contributed by atoms with Gasteiger partial charge in [-0.3, -0.25) is 0 Å². The predicted octanol–water partition coefficient (Wildman–Crippen LogP) is 5.65. The molecule has 3 aromatic carbocycles. The molecule has 0 aliphatic heterocycles. The number of rotatable bonds is 13. The van der Waals surface area contributed by atoms with E-state index >= 15 is 0 Å². The first-order valence-corrected chi connectivity index (χ1v) is 11.4. The minimum absolute atomic E-state index is 0.0998. The summed E-state index contributed by atoms with van der Waals surface area (Å²) < 4.78 is 23.0. The van der Waals surface area contributed by atoms with Crippen LogP contribution in [0.5, 0.6) is 5.75 Å². The lowest BCUT2D eigenvalue weighted by molar-refractivity contribution is -0.139. The summed E-state index contributed by atoms with van der Waals surface area (Å²) in [7, 11) is 0. The molecule has 0 saturated heterocycles. The van der Waals surface area contributed by atoms with Crippen LogP contribution in [0.1, 0.15) is 29.2 Å². The lowest BCUT2D eigenvalue weighted by Crippen LogP contribution is -2.09. The Balaban J connectivity index is 1.23. The molecule has 6 nitrogen and oxygen atoms in total. The van der Waals surface area contributed by atoms with Crippen molar-refractivity contribution in [1.29, 1.82) is 0 Å². The molecule has 0 aliphatic carbocycles. The normalized spacial score (nSPS) is 11.2. The summed E-state index contributed by atoms with van der Waals surface area (Å²) >= 11 is 0. The molecular formula is C28H28O6. The van der Waals surface area contributed by atoms with Crippen molar-refractivity contribution >= 4 is 16.9 Å². The highest BCUT2D eigenvalue weighted by atomic mass is 16.5. The third-order valence-electron chi connectivity index (χ3n) is 5.43. The van der Waals surface area contributed by atoms with E-state index in [2.05, 4.69) is 24.3 Å². The van der Waals surface area contributed by atoms with Crippen molar-refractivity contribution in [1.82, 2.24) is 0 Å². The van der Waals surface area contributed by atoms with Gasteiger partial charge in [0.05, 0.1) is 19.5 Å². The zero-order chi connectivity index (χ0) is 23.6. The van der Waals surface area contributed by atoms with E-state index in [0.29, 0.717) is 37.6 Å². The zero-order valence-electron chi connectivity index (χ0n) is 18.9. The summed E-state index contributed by atoms with van der Waals surface area (Å²) in [4.78, 5) is 10.8. The molecule has 6 heteroatoms. The smallest absolute Gasteiger partial charge is 0.341 e. The number of hydrogen-bond donors (Lipinski definition) is 1. The molecule has 176 valence electrons. The van der Waals surface area contributed by atoms with Crippen LogP contribution in [0.2, 0.25) is 0 Å². The average molecular weight is 461 g/mol.